The molecule has 0 saturated heterocycles. The third kappa shape index (κ3) is 2.77. The highest BCUT2D eigenvalue weighted by Gasteiger charge is 2.09. The number of esters is 1. The summed E-state index contributed by atoms with van der Waals surface area (Å²) in [5.74, 6) is -0.382. The lowest BCUT2D eigenvalue weighted by Gasteiger charge is -2.04. The molecular weight excluding hydrogens is 397 g/mol. The molecule has 0 aliphatic rings. The van der Waals surface area contributed by atoms with E-state index in [4.69, 9.17) is 4.74 Å². The minimum absolute atomic E-state index is 0.345. The third-order valence-electron chi connectivity index (χ3n) is 2.25. The van der Waals surface area contributed by atoms with Crippen LogP contribution in [0.3, 0.4) is 0 Å². The molecule has 0 fully saturated rings. The van der Waals surface area contributed by atoms with Crippen LogP contribution in [0.25, 0.3) is 10.8 Å². The third-order valence-corrected chi connectivity index (χ3v) is 4.54. The Hall–Kier alpha value is -0.690. The number of halogens is 2. The Morgan fingerprint density at radius 1 is 1.41 bits per heavy atom. The molecule has 1 aromatic carbocycles. The smallest absolute Gasteiger partial charge is 0.356 e. The first-order valence-electron chi connectivity index (χ1n) is 5.03. The second-order valence-corrected chi connectivity index (χ2v) is 5.42. The quantitative estimate of drug-likeness (QED) is 0.563. The summed E-state index contributed by atoms with van der Waals surface area (Å²) in [4.78, 5) is 15.6. The Kier molecular flexibility index (Phi) is 3.98. The number of fused-ring (bicyclic) bond motifs is 1. The van der Waals surface area contributed by atoms with Crippen LogP contribution in [0.4, 0.5) is 0 Å². The van der Waals surface area contributed by atoms with E-state index < -0.39 is 0 Å². The minimum Gasteiger partial charge on any atom is -0.461 e. The predicted octanol–water partition coefficient (Wildman–Crippen LogP) is 3.78. The van der Waals surface area contributed by atoms with Crippen molar-refractivity contribution in [2.45, 2.75) is 6.92 Å². The molecule has 0 N–H and O–H groups in total. The van der Waals surface area contributed by atoms with E-state index in [0.717, 1.165) is 18.8 Å². The first-order valence-corrected chi connectivity index (χ1v) is 6.91. The van der Waals surface area contributed by atoms with E-state index in [1.165, 1.54) is 0 Å². The summed E-state index contributed by atoms with van der Waals surface area (Å²) in [7, 11) is 0. The van der Waals surface area contributed by atoms with Crippen molar-refractivity contribution in [1.82, 2.24) is 4.98 Å². The Balaban J connectivity index is 2.50. The second-order valence-electron chi connectivity index (χ2n) is 3.40. The van der Waals surface area contributed by atoms with Crippen LogP contribution in [-0.2, 0) is 4.74 Å². The topological polar surface area (TPSA) is 39.2 Å². The van der Waals surface area contributed by atoms with Crippen molar-refractivity contribution in [2.75, 3.05) is 6.61 Å². The van der Waals surface area contributed by atoms with Gasteiger partial charge in [-0.05, 0) is 69.0 Å². The molecule has 1 aromatic heterocycles. The van der Waals surface area contributed by atoms with E-state index >= 15 is 0 Å². The molecule has 0 aliphatic heterocycles. The van der Waals surface area contributed by atoms with E-state index in [0.29, 0.717) is 12.3 Å². The van der Waals surface area contributed by atoms with Gasteiger partial charge >= 0.3 is 5.97 Å². The molecule has 0 aliphatic carbocycles. The fourth-order valence-corrected chi connectivity index (χ4v) is 2.31. The molecule has 0 spiro atoms. The number of nitrogens with zero attached hydrogens (tertiary/aromatic N) is 1. The number of hydrogen-bond donors (Lipinski definition) is 0. The van der Waals surface area contributed by atoms with E-state index in [1.807, 2.05) is 12.1 Å². The number of pyridine rings is 1. The molecule has 0 saturated carbocycles. The Bertz CT molecular complexity index is 586. The molecule has 5 heteroatoms. The van der Waals surface area contributed by atoms with Crippen molar-refractivity contribution in [3.63, 3.8) is 0 Å². The van der Waals surface area contributed by atoms with E-state index in [9.17, 15) is 4.79 Å². The van der Waals surface area contributed by atoms with Crippen molar-refractivity contribution in [2.24, 2.45) is 0 Å². The van der Waals surface area contributed by atoms with Crippen LogP contribution < -0.4 is 0 Å². The molecule has 0 atom stereocenters. The molecule has 2 rings (SSSR count). The number of carbonyl (C=O) groups excluding carboxylic acids is 1. The molecule has 2 aromatic rings. The zero-order valence-electron chi connectivity index (χ0n) is 9.04. The van der Waals surface area contributed by atoms with Gasteiger partial charge in [0.1, 0.15) is 5.69 Å². The second kappa shape index (κ2) is 5.30. The Labute approximate surface area is 121 Å². The highest BCUT2D eigenvalue weighted by Crippen LogP contribution is 2.25. The Morgan fingerprint density at radius 3 is 2.88 bits per heavy atom. The molecule has 17 heavy (non-hydrogen) atoms. The Morgan fingerprint density at radius 2 is 2.18 bits per heavy atom. The lowest BCUT2D eigenvalue weighted by molar-refractivity contribution is 0.0520. The van der Waals surface area contributed by atoms with Gasteiger partial charge in [-0.2, -0.15) is 0 Å². The van der Waals surface area contributed by atoms with Crippen LogP contribution in [0.2, 0.25) is 0 Å². The predicted molar refractivity (Wildman–Crippen MR) is 78.1 cm³/mol. The van der Waals surface area contributed by atoms with Gasteiger partial charge in [0.05, 0.1) is 6.61 Å². The van der Waals surface area contributed by atoms with Crippen LogP contribution in [0, 0.1) is 3.57 Å². The molecule has 88 valence electrons. The van der Waals surface area contributed by atoms with Crippen molar-refractivity contribution < 1.29 is 9.53 Å². The summed E-state index contributed by atoms with van der Waals surface area (Å²) in [5.41, 5.74) is 0.345. The standard InChI is InChI=1S/C12H9BrINO2/c1-2-17-12(16)11-5-7-4-10(14)9(13)3-8(7)6-15-11/h3-6H,2H2,1H3. The molecule has 0 amide bonds. The van der Waals surface area contributed by atoms with E-state index in [-0.39, 0.29) is 5.97 Å². The zero-order chi connectivity index (χ0) is 12.4. The molecule has 0 radical (unpaired) electrons. The normalized spacial score (nSPS) is 10.5. The van der Waals surface area contributed by atoms with Gasteiger partial charge in [-0.15, -0.1) is 0 Å². The maximum absolute atomic E-state index is 11.5. The van der Waals surface area contributed by atoms with E-state index in [2.05, 4.69) is 43.5 Å². The zero-order valence-corrected chi connectivity index (χ0v) is 12.8. The van der Waals surface area contributed by atoms with Gasteiger partial charge in [0, 0.05) is 19.6 Å². The van der Waals surface area contributed by atoms with Gasteiger partial charge in [0.15, 0.2) is 0 Å². The monoisotopic (exact) mass is 405 g/mol. The van der Waals surface area contributed by atoms with Crippen LogP contribution in [0.5, 0.6) is 0 Å². The van der Waals surface area contributed by atoms with Crippen LogP contribution in [-0.4, -0.2) is 17.6 Å². The van der Waals surface area contributed by atoms with Gasteiger partial charge in [-0.1, -0.05) is 0 Å². The summed E-state index contributed by atoms with van der Waals surface area (Å²) >= 11 is 5.70. The lowest BCUT2D eigenvalue weighted by Crippen LogP contribution is -2.06. The number of rotatable bonds is 2. The highest BCUT2D eigenvalue weighted by molar-refractivity contribution is 14.1. The van der Waals surface area contributed by atoms with Crippen molar-refractivity contribution in [1.29, 1.82) is 0 Å². The first-order chi connectivity index (χ1) is 8.11. The van der Waals surface area contributed by atoms with Crippen LogP contribution >= 0.6 is 38.5 Å². The SMILES string of the molecule is CCOC(=O)c1cc2cc(I)c(Br)cc2cn1. The largest absolute Gasteiger partial charge is 0.461 e. The van der Waals surface area contributed by atoms with Crippen molar-refractivity contribution in [3.05, 3.63) is 38.1 Å². The van der Waals surface area contributed by atoms with Gasteiger partial charge in [0.2, 0.25) is 0 Å². The van der Waals surface area contributed by atoms with Crippen LogP contribution in [0.15, 0.2) is 28.9 Å². The lowest BCUT2D eigenvalue weighted by atomic mass is 10.1. The van der Waals surface area contributed by atoms with Gasteiger partial charge in [0.25, 0.3) is 0 Å². The summed E-state index contributed by atoms with van der Waals surface area (Å²) in [6, 6.07) is 5.74. The van der Waals surface area contributed by atoms with Gasteiger partial charge < -0.3 is 4.74 Å². The number of ether oxygens (including phenoxy) is 1. The van der Waals surface area contributed by atoms with Crippen molar-refractivity contribution in [3.8, 4) is 0 Å². The van der Waals surface area contributed by atoms with E-state index in [1.54, 1.807) is 19.2 Å². The summed E-state index contributed by atoms with van der Waals surface area (Å²) in [5, 5.41) is 1.97. The summed E-state index contributed by atoms with van der Waals surface area (Å²) < 4.78 is 7.04. The van der Waals surface area contributed by atoms with Gasteiger partial charge in [-0.25, -0.2) is 9.78 Å². The number of benzene rings is 1. The highest BCUT2D eigenvalue weighted by atomic mass is 127. The number of aromatic nitrogens is 1. The van der Waals surface area contributed by atoms with Gasteiger partial charge in [-0.3, -0.25) is 0 Å². The summed E-state index contributed by atoms with van der Waals surface area (Å²) in [6.07, 6.45) is 1.68. The van der Waals surface area contributed by atoms with Crippen LogP contribution in [0.1, 0.15) is 17.4 Å². The maximum Gasteiger partial charge on any atom is 0.356 e. The molecular formula is C12H9BrINO2. The number of carbonyl (C=O) groups is 1. The molecule has 0 bridgehead atoms. The average Bonchev–Trinajstić information content (AvgIpc) is 2.30. The maximum atomic E-state index is 11.5. The minimum atomic E-state index is -0.382. The summed E-state index contributed by atoms with van der Waals surface area (Å²) in [6.45, 7) is 2.13. The fraction of sp³-hybridized carbons (Fsp3) is 0.167. The number of hydrogen-bond acceptors (Lipinski definition) is 3. The van der Waals surface area contributed by atoms with Crippen molar-refractivity contribution >= 4 is 55.3 Å². The fourth-order valence-electron chi connectivity index (χ4n) is 1.45. The molecule has 1 heterocycles. The molecule has 0 unspecified atom stereocenters. The first kappa shape index (κ1) is 12.8. The molecule has 3 nitrogen and oxygen atoms in total. The average molecular weight is 406 g/mol.